The number of hydrogen-bond donors (Lipinski definition) is 0. The van der Waals surface area contributed by atoms with Gasteiger partial charge in [-0.3, -0.25) is 0 Å². The predicted octanol–water partition coefficient (Wildman–Crippen LogP) is 3.91. The SMILES string of the molecule is CCC(CC)OCC(COC)(COC)C(C)(C)CC. The summed E-state index contributed by atoms with van der Waals surface area (Å²) in [6.45, 7) is 13.2. The fourth-order valence-electron chi connectivity index (χ4n) is 2.44. The number of methoxy groups -OCH3 is 2. The van der Waals surface area contributed by atoms with Gasteiger partial charge < -0.3 is 14.2 Å². The maximum Gasteiger partial charge on any atom is 0.0575 e. The molecule has 0 bridgehead atoms. The molecule has 0 aliphatic carbocycles. The van der Waals surface area contributed by atoms with E-state index in [4.69, 9.17) is 14.2 Å². The second-order valence-corrected chi connectivity index (χ2v) is 6.13. The van der Waals surface area contributed by atoms with Gasteiger partial charge in [-0.2, -0.15) is 0 Å². The maximum atomic E-state index is 6.14. The van der Waals surface area contributed by atoms with E-state index in [0.29, 0.717) is 25.9 Å². The minimum atomic E-state index is -0.0894. The minimum Gasteiger partial charge on any atom is -0.384 e. The van der Waals surface area contributed by atoms with Crippen LogP contribution in [-0.4, -0.2) is 40.1 Å². The molecule has 0 aliphatic rings. The summed E-state index contributed by atoms with van der Waals surface area (Å²) in [4.78, 5) is 0. The monoisotopic (exact) mass is 274 g/mol. The molecule has 0 aromatic heterocycles. The van der Waals surface area contributed by atoms with E-state index >= 15 is 0 Å². The van der Waals surface area contributed by atoms with Gasteiger partial charge in [0.1, 0.15) is 0 Å². The Bertz CT molecular complexity index is 216. The lowest BCUT2D eigenvalue weighted by Gasteiger charge is -2.46. The topological polar surface area (TPSA) is 27.7 Å². The molecule has 0 spiro atoms. The smallest absolute Gasteiger partial charge is 0.0575 e. The third-order valence-electron chi connectivity index (χ3n) is 4.67. The molecule has 116 valence electrons. The van der Waals surface area contributed by atoms with Gasteiger partial charge in [0.05, 0.1) is 25.9 Å². The van der Waals surface area contributed by atoms with Crippen molar-refractivity contribution in [3.05, 3.63) is 0 Å². The Balaban J connectivity index is 5.00. The molecule has 19 heavy (non-hydrogen) atoms. The normalized spacial score (nSPS) is 13.3. The molecular formula is C16H34O3. The zero-order valence-electron chi connectivity index (χ0n) is 14.0. The Labute approximate surface area is 120 Å². The van der Waals surface area contributed by atoms with E-state index in [1.807, 2.05) is 0 Å². The molecule has 0 aromatic carbocycles. The molecule has 0 atom stereocenters. The van der Waals surface area contributed by atoms with Crippen molar-refractivity contribution in [3.8, 4) is 0 Å². The van der Waals surface area contributed by atoms with Crippen LogP contribution in [0.25, 0.3) is 0 Å². The van der Waals surface area contributed by atoms with E-state index in [1.54, 1.807) is 14.2 Å². The van der Waals surface area contributed by atoms with Crippen LogP contribution in [-0.2, 0) is 14.2 Å². The van der Waals surface area contributed by atoms with Crippen molar-refractivity contribution in [2.24, 2.45) is 10.8 Å². The van der Waals surface area contributed by atoms with E-state index in [0.717, 1.165) is 19.3 Å². The Morgan fingerprint density at radius 1 is 0.842 bits per heavy atom. The van der Waals surface area contributed by atoms with Crippen molar-refractivity contribution in [3.63, 3.8) is 0 Å². The fraction of sp³-hybridized carbons (Fsp3) is 1.00. The van der Waals surface area contributed by atoms with Crippen LogP contribution in [0.3, 0.4) is 0 Å². The summed E-state index contributed by atoms with van der Waals surface area (Å²) in [5, 5.41) is 0. The summed E-state index contributed by atoms with van der Waals surface area (Å²) in [5.74, 6) is 0. The summed E-state index contributed by atoms with van der Waals surface area (Å²) in [6, 6.07) is 0. The van der Waals surface area contributed by atoms with Crippen LogP contribution in [0.4, 0.5) is 0 Å². The maximum absolute atomic E-state index is 6.14. The first-order chi connectivity index (χ1) is 8.92. The van der Waals surface area contributed by atoms with Gasteiger partial charge in [-0.1, -0.05) is 41.0 Å². The largest absolute Gasteiger partial charge is 0.384 e. The van der Waals surface area contributed by atoms with Gasteiger partial charge in [-0.05, 0) is 18.3 Å². The minimum absolute atomic E-state index is 0.0894. The van der Waals surface area contributed by atoms with E-state index in [1.165, 1.54) is 0 Å². The molecule has 3 heteroatoms. The van der Waals surface area contributed by atoms with Crippen LogP contribution in [0.2, 0.25) is 0 Å². The predicted molar refractivity (Wildman–Crippen MR) is 80.6 cm³/mol. The van der Waals surface area contributed by atoms with Gasteiger partial charge in [0, 0.05) is 19.6 Å². The van der Waals surface area contributed by atoms with Crippen LogP contribution < -0.4 is 0 Å². The van der Waals surface area contributed by atoms with Crippen molar-refractivity contribution < 1.29 is 14.2 Å². The number of rotatable bonds is 11. The van der Waals surface area contributed by atoms with Crippen molar-refractivity contribution in [1.29, 1.82) is 0 Å². The van der Waals surface area contributed by atoms with E-state index < -0.39 is 0 Å². The van der Waals surface area contributed by atoms with Crippen molar-refractivity contribution >= 4 is 0 Å². The average Bonchev–Trinajstić information content (AvgIpc) is 2.40. The zero-order chi connectivity index (χ0) is 14.9. The zero-order valence-corrected chi connectivity index (χ0v) is 14.0. The molecule has 0 heterocycles. The van der Waals surface area contributed by atoms with Gasteiger partial charge in [0.2, 0.25) is 0 Å². The highest BCUT2D eigenvalue weighted by Gasteiger charge is 2.44. The summed E-state index contributed by atoms with van der Waals surface area (Å²) in [7, 11) is 3.51. The van der Waals surface area contributed by atoms with E-state index in [-0.39, 0.29) is 10.8 Å². The first-order valence-corrected chi connectivity index (χ1v) is 7.52. The standard InChI is InChI=1S/C16H34O3/c1-8-14(9-2)19-13-16(11-17-6,12-18-7)15(4,5)10-3/h14H,8-13H2,1-7H3. The van der Waals surface area contributed by atoms with Gasteiger partial charge in [-0.15, -0.1) is 0 Å². The Hall–Kier alpha value is -0.120. The van der Waals surface area contributed by atoms with Crippen molar-refractivity contribution in [1.82, 2.24) is 0 Å². The molecule has 0 aromatic rings. The third-order valence-corrected chi connectivity index (χ3v) is 4.67. The van der Waals surface area contributed by atoms with E-state index in [2.05, 4.69) is 34.6 Å². The fourth-order valence-corrected chi connectivity index (χ4v) is 2.44. The lowest BCUT2D eigenvalue weighted by molar-refractivity contribution is -0.130. The average molecular weight is 274 g/mol. The highest BCUT2D eigenvalue weighted by atomic mass is 16.5. The van der Waals surface area contributed by atoms with Crippen LogP contribution in [0.5, 0.6) is 0 Å². The van der Waals surface area contributed by atoms with Crippen LogP contribution in [0.1, 0.15) is 53.9 Å². The molecule has 0 rings (SSSR count). The molecule has 0 N–H and O–H groups in total. The second-order valence-electron chi connectivity index (χ2n) is 6.13. The Kier molecular flexibility index (Phi) is 8.88. The Morgan fingerprint density at radius 2 is 1.32 bits per heavy atom. The molecule has 0 amide bonds. The van der Waals surface area contributed by atoms with Crippen molar-refractivity contribution in [2.75, 3.05) is 34.0 Å². The number of ether oxygens (including phenoxy) is 3. The summed E-state index contributed by atoms with van der Waals surface area (Å²) < 4.78 is 17.1. The Morgan fingerprint density at radius 3 is 1.63 bits per heavy atom. The summed E-state index contributed by atoms with van der Waals surface area (Å²) >= 11 is 0. The van der Waals surface area contributed by atoms with Gasteiger partial charge >= 0.3 is 0 Å². The van der Waals surface area contributed by atoms with Crippen LogP contribution in [0.15, 0.2) is 0 Å². The highest BCUT2D eigenvalue weighted by molar-refractivity contribution is 4.92. The summed E-state index contributed by atoms with van der Waals surface area (Å²) in [6.07, 6.45) is 3.52. The van der Waals surface area contributed by atoms with Crippen LogP contribution >= 0.6 is 0 Å². The molecule has 3 nitrogen and oxygen atoms in total. The number of hydrogen-bond acceptors (Lipinski definition) is 3. The molecule has 0 fully saturated rings. The molecule has 0 radical (unpaired) electrons. The van der Waals surface area contributed by atoms with E-state index in [9.17, 15) is 0 Å². The molecule has 0 aliphatic heterocycles. The first-order valence-electron chi connectivity index (χ1n) is 7.52. The quantitative estimate of drug-likeness (QED) is 0.572. The molecular weight excluding hydrogens is 240 g/mol. The molecule has 0 unspecified atom stereocenters. The van der Waals surface area contributed by atoms with Gasteiger partial charge in [0.15, 0.2) is 0 Å². The highest BCUT2D eigenvalue weighted by Crippen LogP contribution is 2.43. The first kappa shape index (κ1) is 18.9. The molecule has 0 saturated carbocycles. The lowest BCUT2D eigenvalue weighted by Crippen LogP contribution is -2.49. The lowest BCUT2D eigenvalue weighted by atomic mass is 9.65. The second kappa shape index (κ2) is 8.93. The molecule has 0 saturated heterocycles. The third kappa shape index (κ3) is 5.05. The van der Waals surface area contributed by atoms with Gasteiger partial charge in [0.25, 0.3) is 0 Å². The van der Waals surface area contributed by atoms with Gasteiger partial charge in [-0.25, -0.2) is 0 Å². The van der Waals surface area contributed by atoms with Crippen molar-refractivity contribution in [2.45, 2.75) is 60.0 Å². The van der Waals surface area contributed by atoms with Crippen LogP contribution in [0, 0.1) is 10.8 Å². The summed E-state index contributed by atoms with van der Waals surface area (Å²) in [5.41, 5.74) is 0.0267.